The third-order valence-electron chi connectivity index (χ3n) is 4.36. The summed E-state index contributed by atoms with van der Waals surface area (Å²) in [6.07, 6.45) is 3.75. The van der Waals surface area contributed by atoms with Gasteiger partial charge in [0, 0.05) is 24.7 Å². The SMILES string of the molecule is CN1CCCCC1CN1Cc2ccc(F)cc2C1=N. The Morgan fingerprint density at radius 3 is 3.00 bits per heavy atom. The molecule has 2 aliphatic heterocycles. The molecule has 3 rings (SSSR count). The van der Waals surface area contributed by atoms with E-state index in [2.05, 4.69) is 16.8 Å². The van der Waals surface area contributed by atoms with Crippen LogP contribution in [0.3, 0.4) is 0 Å². The van der Waals surface area contributed by atoms with Crippen molar-refractivity contribution in [3.8, 4) is 0 Å². The lowest BCUT2D eigenvalue weighted by Crippen LogP contribution is -2.44. The maximum atomic E-state index is 13.3. The van der Waals surface area contributed by atoms with Crippen LogP contribution in [-0.2, 0) is 6.54 Å². The molecule has 2 heterocycles. The zero-order valence-electron chi connectivity index (χ0n) is 11.3. The van der Waals surface area contributed by atoms with Crippen LogP contribution in [0.4, 0.5) is 4.39 Å². The molecular formula is C15H20FN3. The quantitative estimate of drug-likeness (QED) is 0.886. The molecule has 0 amide bonds. The molecule has 0 spiro atoms. The molecular weight excluding hydrogens is 241 g/mol. The smallest absolute Gasteiger partial charge is 0.128 e. The van der Waals surface area contributed by atoms with Crippen molar-refractivity contribution >= 4 is 5.84 Å². The van der Waals surface area contributed by atoms with Gasteiger partial charge in [0.1, 0.15) is 11.7 Å². The van der Waals surface area contributed by atoms with Crippen molar-refractivity contribution in [2.45, 2.75) is 31.8 Å². The molecule has 2 aliphatic rings. The highest BCUT2D eigenvalue weighted by molar-refractivity contribution is 6.00. The molecule has 0 aliphatic carbocycles. The molecule has 102 valence electrons. The summed E-state index contributed by atoms with van der Waals surface area (Å²) in [6.45, 7) is 2.78. The zero-order chi connectivity index (χ0) is 13.4. The van der Waals surface area contributed by atoms with Gasteiger partial charge in [0.05, 0.1) is 0 Å². The van der Waals surface area contributed by atoms with Crippen molar-refractivity contribution in [2.24, 2.45) is 0 Å². The first-order chi connectivity index (χ1) is 9.15. The summed E-state index contributed by atoms with van der Waals surface area (Å²) in [4.78, 5) is 4.47. The summed E-state index contributed by atoms with van der Waals surface area (Å²) < 4.78 is 13.3. The van der Waals surface area contributed by atoms with E-state index in [9.17, 15) is 4.39 Å². The van der Waals surface area contributed by atoms with Gasteiger partial charge in [-0.05, 0) is 44.1 Å². The van der Waals surface area contributed by atoms with E-state index in [4.69, 9.17) is 5.41 Å². The fourth-order valence-electron chi connectivity index (χ4n) is 3.15. The van der Waals surface area contributed by atoms with Gasteiger partial charge in [-0.1, -0.05) is 12.5 Å². The predicted octanol–water partition coefficient (Wildman–Crippen LogP) is 2.45. The van der Waals surface area contributed by atoms with Crippen LogP contribution in [0.5, 0.6) is 0 Å². The van der Waals surface area contributed by atoms with Gasteiger partial charge in [-0.3, -0.25) is 5.41 Å². The minimum absolute atomic E-state index is 0.250. The molecule has 1 unspecified atom stereocenters. The number of benzene rings is 1. The molecule has 4 heteroatoms. The van der Waals surface area contributed by atoms with Gasteiger partial charge in [-0.25, -0.2) is 4.39 Å². The van der Waals surface area contributed by atoms with Gasteiger partial charge < -0.3 is 9.80 Å². The van der Waals surface area contributed by atoms with Crippen molar-refractivity contribution in [3.63, 3.8) is 0 Å². The Bertz CT molecular complexity index is 500. The maximum Gasteiger partial charge on any atom is 0.128 e. The molecule has 0 bridgehead atoms. The van der Waals surface area contributed by atoms with Crippen LogP contribution in [0.1, 0.15) is 30.4 Å². The third-order valence-corrected chi connectivity index (χ3v) is 4.36. The largest absolute Gasteiger partial charge is 0.351 e. The minimum Gasteiger partial charge on any atom is -0.351 e. The lowest BCUT2D eigenvalue weighted by atomic mass is 10.0. The average molecular weight is 261 g/mol. The molecule has 1 atom stereocenters. The highest BCUT2D eigenvalue weighted by atomic mass is 19.1. The van der Waals surface area contributed by atoms with E-state index in [1.54, 1.807) is 0 Å². The van der Waals surface area contributed by atoms with Crippen LogP contribution in [0.15, 0.2) is 18.2 Å². The van der Waals surface area contributed by atoms with E-state index in [-0.39, 0.29) is 5.82 Å². The van der Waals surface area contributed by atoms with E-state index >= 15 is 0 Å². The van der Waals surface area contributed by atoms with E-state index in [1.807, 2.05) is 6.07 Å². The first-order valence-corrected chi connectivity index (χ1v) is 6.97. The number of rotatable bonds is 2. The summed E-state index contributed by atoms with van der Waals surface area (Å²) in [5.74, 6) is 0.230. The molecule has 1 saturated heterocycles. The van der Waals surface area contributed by atoms with Crippen LogP contribution in [0, 0.1) is 11.2 Å². The summed E-state index contributed by atoms with van der Waals surface area (Å²) in [6, 6.07) is 5.31. The highest BCUT2D eigenvalue weighted by Gasteiger charge is 2.28. The third kappa shape index (κ3) is 2.37. The second-order valence-electron chi connectivity index (χ2n) is 5.66. The number of hydrogen-bond acceptors (Lipinski definition) is 2. The normalized spacial score (nSPS) is 23.8. The van der Waals surface area contributed by atoms with Crippen molar-refractivity contribution < 1.29 is 4.39 Å². The monoisotopic (exact) mass is 261 g/mol. The van der Waals surface area contributed by atoms with Crippen LogP contribution >= 0.6 is 0 Å². The van der Waals surface area contributed by atoms with Crippen LogP contribution < -0.4 is 0 Å². The topological polar surface area (TPSA) is 30.3 Å². The van der Waals surface area contributed by atoms with Crippen LogP contribution in [-0.4, -0.2) is 41.8 Å². The molecule has 1 fully saturated rings. The first-order valence-electron chi connectivity index (χ1n) is 6.97. The number of hydrogen-bond donors (Lipinski definition) is 1. The second kappa shape index (κ2) is 4.93. The van der Waals surface area contributed by atoms with E-state index in [0.717, 1.165) is 30.8 Å². The Hall–Kier alpha value is -1.42. The molecule has 0 radical (unpaired) electrons. The molecule has 0 aromatic heterocycles. The van der Waals surface area contributed by atoms with Crippen molar-refractivity contribution in [1.29, 1.82) is 5.41 Å². The zero-order valence-corrected chi connectivity index (χ0v) is 11.3. The molecule has 1 N–H and O–H groups in total. The summed E-state index contributed by atoms with van der Waals surface area (Å²) in [5, 5.41) is 8.21. The van der Waals surface area contributed by atoms with E-state index < -0.39 is 0 Å². The van der Waals surface area contributed by atoms with Crippen LogP contribution in [0.2, 0.25) is 0 Å². The second-order valence-corrected chi connectivity index (χ2v) is 5.66. The summed E-state index contributed by atoms with van der Waals surface area (Å²) >= 11 is 0. The molecule has 3 nitrogen and oxygen atoms in total. The standard InChI is InChI=1S/C15H20FN3/c1-18-7-3-2-4-13(18)10-19-9-11-5-6-12(16)8-14(11)15(19)17/h5-6,8,13,17H,2-4,7,9-10H2,1H3. The van der Waals surface area contributed by atoms with E-state index in [1.165, 1.54) is 31.4 Å². The van der Waals surface area contributed by atoms with Crippen molar-refractivity contribution in [1.82, 2.24) is 9.80 Å². The molecule has 0 saturated carbocycles. The van der Waals surface area contributed by atoms with Gasteiger partial charge >= 0.3 is 0 Å². The summed E-state index contributed by atoms with van der Waals surface area (Å²) in [5.41, 5.74) is 1.84. The number of piperidine rings is 1. The van der Waals surface area contributed by atoms with Gasteiger partial charge in [0.15, 0.2) is 0 Å². The predicted molar refractivity (Wildman–Crippen MR) is 73.9 cm³/mol. The Morgan fingerprint density at radius 1 is 1.37 bits per heavy atom. The Morgan fingerprint density at radius 2 is 2.21 bits per heavy atom. The minimum atomic E-state index is -0.250. The van der Waals surface area contributed by atoms with Crippen molar-refractivity contribution in [3.05, 3.63) is 35.1 Å². The lowest BCUT2D eigenvalue weighted by Gasteiger charge is -2.35. The van der Waals surface area contributed by atoms with E-state index in [0.29, 0.717) is 11.9 Å². The number of likely N-dealkylation sites (tertiary alicyclic amines) is 1. The lowest BCUT2D eigenvalue weighted by molar-refractivity contribution is 0.156. The van der Waals surface area contributed by atoms with Gasteiger partial charge in [-0.15, -0.1) is 0 Å². The number of fused-ring (bicyclic) bond motifs is 1. The fourth-order valence-corrected chi connectivity index (χ4v) is 3.15. The highest BCUT2D eigenvalue weighted by Crippen LogP contribution is 2.25. The van der Waals surface area contributed by atoms with Gasteiger partial charge in [-0.2, -0.15) is 0 Å². The molecule has 19 heavy (non-hydrogen) atoms. The Balaban J connectivity index is 1.73. The Kier molecular flexibility index (Phi) is 3.27. The van der Waals surface area contributed by atoms with Gasteiger partial charge in [0.2, 0.25) is 0 Å². The molecule has 1 aromatic rings. The number of likely N-dealkylation sites (N-methyl/N-ethyl adjacent to an activating group) is 1. The number of halogens is 1. The number of nitrogens with one attached hydrogen (secondary N) is 1. The fraction of sp³-hybridized carbons (Fsp3) is 0.533. The maximum absolute atomic E-state index is 13.3. The summed E-state index contributed by atoms with van der Waals surface area (Å²) in [7, 11) is 2.16. The first kappa shape index (κ1) is 12.6. The van der Waals surface area contributed by atoms with Crippen LogP contribution in [0.25, 0.3) is 0 Å². The number of nitrogens with zero attached hydrogens (tertiary/aromatic N) is 2. The van der Waals surface area contributed by atoms with Crippen molar-refractivity contribution in [2.75, 3.05) is 20.1 Å². The number of amidine groups is 1. The Labute approximate surface area is 113 Å². The molecule has 1 aromatic carbocycles. The van der Waals surface area contributed by atoms with Gasteiger partial charge in [0.25, 0.3) is 0 Å². The average Bonchev–Trinajstić information content (AvgIpc) is 2.70.